The molecule has 0 aliphatic heterocycles. The van der Waals surface area contributed by atoms with Crippen LogP contribution in [0.1, 0.15) is 11.1 Å². The number of rotatable bonds is 5. The van der Waals surface area contributed by atoms with Crippen molar-refractivity contribution < 1.29 is 18.6 Å². The summed E-state index contributed by atoms with van der Waals surface area (Å²) in [5.74, 6) is -0.536. The average Bonchev–Trinajstić information content (AvgIpc) is 2.42. The summed E-state index contributed by atoms with van der Waals surface area (Å²) in [6, 6.07) is 10.7. The second-order valence-corrected chi connectivity index (χ2v) is 4.65. The number of aliphatic hydroxyl groups is 1. The van der Waals surface area contributed by atoms with Crippen molar-refractivity contribution in [2.75, 3.05) is 7.11 Å². The predicted octanol–water partition coefficient (Wildman–Crippen LogP) is 3.12. The van der Waals surface area contributed by atoms with Crippen LogP contribution in [0.4, 0.5) is 8.78 Å². The van der Waals surface area contributed by atoms with Gasteiger partial charge in [0.25, 0.3) is 0 Å². The lowest BCUT2D eigenvalue weighted by Crippen LogP contribution is -2.15. The Hall–Kier alpha value is -1.94. The predicted molar refractivity (Wildman–Crippen MR) is 72.8 cm³/mol. The molecule has 0 aromatic heterocycles. The molecule has 0 radical (unpaired) electrons. The summed E-state index contributed by atoms with van der Waals surface area (Å²) in [6.07, 6.45) is -0.209. The average molecular weight is 278 g/mol. The molecule has 1 N–H and O–H groups in total. The highest BCUT2D eigenvalue weighted by Gasteiger charge is 2.11. The van der Waals surface area contributed by atoms with E-state index >= 15 is 0 Å². The fourth-order valence-corrected chi connectivity index (χ4v) is 2.08. The van der Waals surface area contributed by atoms with Gasteiger partial charge in [-0.15, -0.1) is 0 Å². The minimum Gasteiger partial charge on any atom is -0.497 e. The van der Waals surface area contributed by atoms with Crippen molar-refractivity contribution in [3.63, 3.8) is 0 Å². The van der Waals surface area contributed by atoms with Gasteiger partial charge in [-0.1, -0.05) is 18.2 Å². The van der Waals surface area contributed by atoms with Crippen LogP contribution < -0.4 is 4.74 Å². The maximum Gasteiger partial charge on any atom is 0.129 e. The zero-order valence-corrected chi connectivity index (χ0v) is 11.1. The van der Waals surface area contributed by atoms with Gasteiger partial charge in [-0.25, -0.2) is 8.78 Å². The summed E-state index contributed by atoms with van der Waals surface area (Å²) >= 11 is 0. The van der Waals surface area contributed by atoms with Crippen molar-refractivity contribution in [1.82, 2.24) is 0 Å². The Morgan fingerprint density at radius 1 is 1.10 bits per heavy atom. The normalized spacial score (nSPS) is 12.2. The van der Waals surface area contributed by atoms with E-state index in [1.165, 1.54) is 12.1 Å². The van der Waals surface area contributed by atoms with E-state index in [-0.39, 0.29) is 6.42 Å². The van der Waals surface area contributed by atoms with Crippen LogP contribution in [0.15, 0.2) is 42.5 Å². The van der Waals surface area contributed by atoms with Gasteiger partial charge < -0.3 is 9.84 Å². The van der Waals surface area contributed by atoms with Crippen molar-refractivity contribution in [3.05, 3.63) is 65.2 Å². The van der Waals surface area contributed by atoms with Crippen LogP contribution in [0.3, 0.4) is 0 Å². The van der Waals surface area contributed by atoms with Crippen LogP contribution in [-0.4, -0.2) is 18.3 Å². The van der Waals surface area contributed by atoms with Crippen LogP contribution >= 0.6 is 0 Å². The molecule has 0 heterocycles. The fourth-order valence-electron chi connectivity index (χ4n) is 2.08. The van der Waals surface area contributed by atoms with Gasteiger partial charge in [0.05, 0.1) is 13.2 Å². The Morgan fingerprint density at radius 3 is 2.60 bits per heavy atom. The third-order valence-corrected chi connectivity index (χ3v) is 3.08. The molecule has 0 aliphatic rings. The lowest BCUT2D eigenvalue weighted by Gasteiger charge is -2.12. The van der Waals surface area contributed by atoms with E-state index in [0.29, 0.717) is 17.7 Å². The number of benzene rings is 2. The summed E-state index contributed by atoms with van der Waals surface area (Å²) < 4.78 is 31.4. The summed E-state index contributed by atoms with van der Waals surface area (Å²) in [5.41, 5.74) is 1.21. The molecular formula is C16H16F2O2. The highest BCUT2D eigenvalue weighted by Crippen LogP contribution is 2.17. The van der Waals surface area contributed by atoms with Crippen LogP contribution in [0, 0.1) is 11.6 Å². The fraction of sp³-hybridized carbons (Fsp3) is 0.250. The highest BCUT2D eigenvalue weighted by atomic mass is 19.1. The van der Waals surface area contributed by atoms with Crippen LogP contribution in [0.2, 0.25) is 0 Å². The Kier molecular flexibility index (Phi) is 4.69. The molecule has 0 bridgehead atoms. The van der Waals surface area contributed by atoms with E-state index in [2.05, 4.69) is 0 Å². The second-order valence-electron chi connectivity index (χ2n) is 4.65. The first-order chi connectivity index (χ1) is 9.58. The van der Waals surface area contributed by atoms with Crippen molar-refractivity contribution in [1.29, 1.82) is 0 Å². The Balaban J connectivity index is 2.02. The van der Waals surface area contributed by atoms with Crippen molar-refractivity contribution in [3.8, 4) is 5.75 Å². The topological polar surface area (TPSA) is 29.5 Å². The molecule has 2 nitrogen and oxygen atoms in total. The van der Waals surface area contributed by atoms with Gasteiger partial charge in [-0.2, -0.15) is 0 Å². The van der Waals surface area contributed by atoms with E-state index in [1.807, 2.05) is 24.3 Å². The van der Waals surface area contributed by atoms with Gasteiger partial charge in [0.2, 0.25) is 0 Å². The molecule has 2 rings (SSSR count). The van der Waals surface area contributed by atoms with E-state index in [4.69, 9.17) is 4.74 Å². The number of hydrogen-bond acceptors (Lipinski definition) is 2. The maximum absolute atomic E-state index is 13.5. The number of aliphatic hydroxyl groups excluding tert-OH is 1. The monoisotopic (exact) mass is 278 g/mol. The Labute approximate surface area is 116 Å². The molecule has 0 amide bonds. The minimum absolute atomic E-state index is 0.142. The number of ether oxygens (including phenoxy) is 1. The number of hydrogen-bond donors (Lipinski definition) is 1. The molecule has 0 spiro atoms. The third-order valence-electron chi connectivity index (χ3n) is 3.08. The quantitative estimate of drug-likeness (QED) is 0.910. The van der Waals surface area contributed by atoms with E-state index in [0.717, 1.165) is 11.6 Å². The first-order valence-corrected chi connectivity index (χ1v) is 6.33. The minimum atomic E-state index is -0.734. The van der Waals surface area contributed by atoms with Gasteiger partial charge >= 0.3 is 0 Å². The van der Waals surface area contributed by atoms with Crippen molar-refractivity contribution in [2.24, 2.45) is 0 Å². The SMILES string of the molecule is COc1cccc(CC(O)Cc2ccc(F)cc2F)c1. The zero-order chi connectivity index (χ0) is 14.5. The van der Waals surface area contributed by atoms with Gasteiger partial charge in [0.15, 0.2) is 0 Å². The highest BCUT2D eigenvalue weighted by molar-refractivity contribution is 5.29. The number of methoxy groups -OCH3 is 1. The molecule has 0 saturated carbocycles. The van der Waals surface area contributed by atoms with Gasteiger partial charge in [0, 0.05) is 12.5 Å². The molecule has 1 unspecified atom stereocenters. The number of halogens is 2. The Morgan fingerprint density at radius 2 is 1.90 bits per heavy atom. The molecule has 2 aromatic rings. The summed E-state index contributed by atoms with van der Waals surface area (Å²) in [4.78, 5) is 0. The Bertz CT molecular complexity index is 584. The maximum atomic E-state index is 13.5. The first-order valence-electron chi connectivity index (χ1n) is 6.33. The molecule has 0 aliphatic carbocycles. The third kappa shape index (κ3) is 3.78. The van der Waals surface area contributed by atoms with E-state index in [9.17, 15) is 13.9 Å². The first kappa shape index (κ1) is 14.5. The van der Waals surface area contributed by atoms with E-state index < -0.39 is 17.7 Å². The standard InChI is InChI=1S/C16H16F2O2/c1-20-15-4-2-3-11(8-15)7-14(19)9-12-5-6-13(17)10-16(12)18/h2-6,8,10,14,19H,7,9H2,1H3. The van der Waals surface area contributed by atoms with Crippen LogP contribution in [0.5, 0.6) is 5.75 Å². The molecule has 106 valence electrons. The van der Waals surface area contributed by atoms with Crippen molar-refractivity contribution in [2.45, 2.75) is 18.9 Å². The summed E-state index contributed by atoms with van der Waals surface area (Å²) in [7, 11) is 1.57. The molecule has 20 heavy (non-hydrogen) atoms. The largest absolute Gasteiger partial charge is 0.497 e. The van der Waals surface area contributed by atoms with Crippen molar-refractivity contribution >= 4 is 0 Å². The smallest absolute Gasteiger partial charge is 0.129 e. The lowest BCUT2D eigenvalue weighted by atomic mass is 10.0. The molecule has 1 atom stereocenters. The van der Waals surface area contributed by atoms with Gasteiger partial charge in [0.1, 0.15) is 17.4 Å². The summed E-state index contributed by atoms with van der Waals surface area (Å²) in [6.45, 7) is 0. The lowest BCUT2D eigenvalue weighted by molar-refractivity contribution is 0.174. The molecule has 0 saturated heterocycles. The molecule has 0 fully saturated rings. The van der Waals surface area contributed by atoms with Crippen LogP contribution in [0.25, 0.3) is 0 Å². The van der Waals surface area contributed by atoms with Gasteiger partial charge in [-0.3, -0.25) is 0 Å². The summed E-state index contributed by atoms with van der Waals surface area (Å²) in [5, 5.41) is 10.0. The molecular weight excluding hydrogens is 262 g/mol. The second kappa shape index (κ2) is 6.48. The molecule has 2 aromatic carbocycles. The zero-order valence-electron chi connectivity index (χ0n) is 11.1. The van der Waals surface area contributed by atoms with Gasteiger partial charge in [-0.05, 0) is 35.7 Å². The molecule has 4 heteroatoms. The van der Waals surface area contributed by atoms with E-state index in [1.54, 1.807) is 7.11 Å². The van der Waals surface area contributed by atoms with Crippen LogP contribution in [-0.2, 0) is 12.8 Å².